The summed E-state index contributed by atoms with van der Waals surface area (Å²) in [4.78, 5) is 13.7. The lowest BCUT2D eigenvalue weighted by molar-refractivity contribution is -0.192. The smallest absolute Gasteiger partial charge is 0.490 e. The predicted octanol–water partition coefficient (Wildman–Crippen LogP) is 4.50. The number of alkyl halides is 3. The van der Waals surface area contributed by atoms with Crippen LogP contribution in [0.1, 0.15) is 38.2 Å². The van der Waals surface area contributed by atoms with Gasteiger partial charge in [-0.25, -0.2) is 9.78 Å². The minimum atomic E-state index is -5.08. The quantitative estimate of drug-likeness (QED) is 0.395. The average molecular weight is 495 g/mol. The fraction of sp³-hybridized carbons (Fsp3) is 0.435. The Labute approximate surface area is 200 Å². The summed E-state index contributed by atoms with van der Waals surface area (Å²) in [5.41, 5.74) is 8.88. The molecule has 0 saturated heterocycles. The Kier molecular flexibility index (Phi) is 8.39. The number of aromatic nitrogens is 3. The molecule has 0 spiro atoms. The number of nitrogens with two attached hydrogens (primary N) is 1. The summed E-state index contributed by atoms with van der Waals surface area (Å²) in [6, 6.07) is 10.6. The van der Waals surface area contributed by atoms with Crippen LogP contribution in [-0.4, -0.2) is 50.5 Å². The molecule has 190 valence electrons. The Morgan fingerprint density at radius 1 is 1.20 bits per heavy atom. The second-order valence-electron chi connectivity index (χ2n) is 8.18. The van der Waals surface area contributed by atoms with Crippen LogP contribution in [0, 0.1) is 6.92 Å². The molecule has 1 fully saturated rings. The largest absolute Gasteiger partial charge is 0.494 e. The molecule has 35 heavy (non-hydrogen) atoms. The van der Waals surface area contributed by atoms with Crippen LogP contribution in [0.25, 0.3) is 5.65 Å². The SMILES string of the molecule is CCOc1ccc(Nc2c(C)c(NC3CCC(N)CC3)nc3ccnn23)cc1.O=C(O)C(F)(F)F. The number of benzene rings is 1. The number of nitrogens with zero attached hydrogens (tertiary/aromatic N) is 3. The first-order valence-corrected chi connectivity index (χ1v) is 11.2. The van der Waals surface area contributed by atoms with Crippen LogP contribution in [0.15, 0.2) is 36.5 Å². The maximum atomic E-state index is 10.6. The number of aliphatic carboxylic acids is 1. The maximum Gasteiger partial charge on any atom is 0.490 e. The lowest BCUT2D eigenvalue weighted by Gasteiger charge is -2.28. The normalized spacial score (nSPS) is 17.9. The molecular weight excluding hydrogens is 465 g/mol. The van der Waals surface area contributed by atoms with E-state index in [9.17, 15) is 13.2 Å². The molecule has 3 aromatic rings. The summed E-state index contributed by atoms with van der Waals surface area (Å²) in [7, 11) is 0. The highest BCUT2D eigenvalue weighted by Gasteiger charge is 2.38. The van der Waals surface area contributed by atoms with Gasteiger partial charge in [-0.2, -0.15) is 22.8 Å². The van der Waals surface area contributed by atoms with Crippen molar-refractivity contribution in [3.63, 3.8) is 0 Å². The van der Waals surface area contributed by atoms with E-state index in [1.165, 1.54) is 0 Å². The van der Waals surface area contributed by atoms with Gasteiger partial charge in [0.15, 0.2) is 5.65 Å². The fourth-order valence-corrected chi connectivity index (χ4v) is 3.70. The Hall–Kier alpha value is -3.54. The standard InChI is InChI=1S/C21H28N6O.C2HF3O2/c1-3-28-18-10-8-17(9-11-18)25-21-14(2)20(26-19-12-13-23-27(19)21)24-16-6-4-15(22)5-7-16;3-2(4,5)1(6)7/h8-13,15-16,25H,3-7,22H2,1-2H3,(H,24,26);(H,6,7). The van der Waals surface area contributed by atoms with Crippen LogP contribution in [0.4, 0.5) is 30.5 Å². The third-order valence-electron chi connectivity index (χ3n) is 5.55. The molecule has 9 nitrogen and oxygen atoms in total. The number of fused-ring (bicyclic) bond motifs is 1. The average Bonchev–Trinajstić information content (AvgIpc) is 3.27. The molecule has 5 N–H and O–H groups in total. The van der Waals surface area contributed by atoms with Gasteiger partial charge in [-0.15, -0.1) is 0 Å². The van der Waals surface area contributed by atoms with Crippen LogP contribution >= 0.6 is 0 Å². The molecule has 1 aliphatic carbocycles. The molecule has 0 amide bonds. The van der Waals surface area contributed by atoms with Gasteiger partial charge in [0, 0.05) is 29.4 Å². The van der Waals surface area contributed by atoms with Crippen molar-refractivity contribution in [2.75, 3.05) is 17.2 Å². The Morgan fingerprint density at radius 2 is 1.83 bits per heavy atom. The van der Waals surface area contributed by atoms with Gasteiger partial charge in [0.25, 0.3) is 0 Å². The number of anilines is 3. The molecule has 0 atom stereocenters. The zero-order valence-corrected chi connectivity index (χ0v) is 19.5. The number of ether oxygens (including phenoxy) is 1. The Morgan fingerprint density at radius 3 is 2.40 bits per heavy atom. The molecule has 0 aliphatic heterocycles. The number of halogens is 3. The maximum absolute atomic E-state index is 10.6. The Bertz CT molecular complexity index is 1130. The van der Waals surface area contributed by atoms with E-state index in [2.05, 4.69) is 22.7 Å². The highest BCUT2D eigenvalue weighted by atomic mass is 19.4. The van der Waals surface area contributed by atoms with Gasteiger partial charge in [-0.3, -0.25) is 0 Å². The second-order valence-corrected chi connectivity index (χ2v) is 8.18. The van der Waals surface area contributed by atoms with Gasteiger partial charge in [0.2, 0.25) is 0 Å². The summed E-state index contributed by atoms with van der Waals surface area (Å²) in [5, 5.41) is 18.7. The van der Waals surface area contributed by atoms with Crippen LogP contribution in [0.5, 0.6) is 5.75 Å². The molecule has 12 heteroatoms. The van der Waals surface area contributed by atoms with E-state index >= 15 is 0 Å². The predicted molar refractivity (Wildman–Crippen MR) is 126 cm³/mol. The molecular formula is C23H29F3N6O3. The van der Waals surface area contributed by atoms with Crippen LogP contribution in [0.3, 0.4) is 0 Å². The number of hydrogen-bond acceptors (Lipinski definition) is 7. The molecule has 0 bridgehead atoms. The van der Waals surface area contributed by atoms with Gasteiger partial charge in [0.1, 0.15) is 17.4 Å². The number of carbonyl (C=O) groups is 1. The van der Waals surface area contributed by atoms with Crippen molar-refractivity contribution in [3.8, 4) is 5.75 Å². The van der Waals surface area contributed by atoms with Crippen molar-refractivity contribution < 1.29 is 27.8 Å². The monoisotopic (exact) mass is 494 g/mol. The lowest BCUT2D eigenvalue weighted by Crippen LogP contribution is -2.33. The summed E-state index contributed by atoms with van der Waals surface area (Å²) in [6.07, 6.45) is 0.961. The lowest BCUT2D eigenvalue weighted by atomic mass is 9.92. The number of nitrogens with one attached hydrogen (secondary N) is 2. The van der Waals surface area contributed by atoms with Gasteiger partial charge in [0.05, 0.1) is 12.8 Å². The first-order chi connectivity index (χ1) is 16.6. The van der Waals surface area contributed by atoms with E-state index in [0.717, 1.165) is 60.0 Å². The first kappa shape index (κ1) is 26.1. The third kappa shape index (κ3) is 6.98. The van der Waals surface area contributed by atoms with Crippen molar-refractivity contribution in [2.24, 2.45) is 5.73 Å². The summed E-state index contributed by atoms with van der Waals surface area (Å²) in [6.45, 7) is 4.71. The van der Waals surface area contributed by atoms with Crippen LogP contribution in [0.2, 0.25) is 0 Å². The van der Waals surface area contributed by atoms with Gasteiger partial charge in [-0.05, 0) is 63.8 Å². The summed E-state index contributed by atoms with van der Waals surface area (Å²) in [5.74, 6) is -0.0785. The van der Waals surface area contributed by atoms with Gasteiger partial charge >= 0.3 is 12.1 Å². The molecule has 1 saturated carbocycles. The minimum Gasteiger partial charge on any atom is -0.494 e. The summed E-state index contributed by atoms with van der Waals surface area (Å²) < 4.78 is 39.1. The van der Waals surface area contributed by atoms with Gasteiger partial charge < -0.3 is 26.2 Å². The zero-order valence-electron chi connectivity index (χ0n) is 19.5. The number of hydrogen-bond donors (Lipinski definition) is 4. The Balaban J connectivity index is 0.000000429. The molecule has 2 heterocycles. The molecule has 2 aromatic heterocycles. The topological polar surface area (TPSA) is 127 Å². The number of rotatable bonds is 6. The van der Waals surface area contributed by atoms with Crippen molar-refractivity contribution in [2.45, 2.75) is 57.8 Å². The fourth-order valence-electron chi connectivity index (χ4n) is 3.70. The second kappa shape index (κ2) is 11.3. The molecule has 0 unspecified atom stereocenters. The van der Waals surface area contributed by atoms with Crippen molar-refractivity contribution >= 4 is 28.9 Å². The molecule has 1 aromatic carbocycles. The van der Waals surface area contributed by atoms with Crippen molar-refractivity contribution in [1.82, 2.24) is 14.6 Å². The molecule has 4 rings (SSSR count). The third-order valence-corrected chi connectivity index (χ3v) is 5.55. The highest BCUT2D eigenvalue weighted by Crippen LogP contribution is 2.29. The van der Waals surface area contributed by atoms with Gasteiger partial charge in [-0.1, -0.05) is 0 Å². The van der Waals surface area contributed by atoms with E-state index in [1.807, 2.05) is 41.8 Å². The van der Waals surface area contributed by atoms with Crippen molar-refractivity contribution in [3.05, 3.63) is 42.1 Å². The van der Waals surface area contributed by atoms with Crippen LogP contribution in [-0.2, 0) is 4.79 Å². The molecule has 1 aliphatic rings. The van der Waals surface area contributed by atoms with E-state index < -0.39 is 12.1 Å². The minimum absolute atomic E-state index is 0.335. The highest BCUT2D eigenvalue weighted by molar-refractivity contribution is 5.73. The zero-order chi connectivity index (χ0) is 25.6. The van der Waals surface area contributed by atoms with E-state index in [-0.39, 0.29) is 0 Å². The van der Waals surface area contributed by atoms with E-state index in [0.29, 0.717) is 18.7 Å². The number of carboxylic acids is 1. The summed E-state index contributed by atoms with van der Waals surface area (Å²) >= 11 is 0. The van der Waals surface area contributed by atoms with E-state index in [4.69, 9.17) is 25.4 Å². The van der Waals surface area contributed by atoms with E-state index in [1.54, 1.807) is 6.20 Å². The van der Waals surface area contributed by atoms with Crippen molar-refractivity contribution in [1.29, 1.82) is 0 Å². The first-order valence-electron chi connectivity index (χ1n) is 11.2. The number of carboxylic acid groups (broad SMARTS) is 1. The molecule has 0 radical (unpaired) electrons. The van der Waals surface area contributed by atoms with Crippen LogP contribution < -0.4 is 21.1 Å².